The highest BCUT2D eigenvalue weighted by molar-refractivity contribution is 6.43. The van der Waals surface area contributed by atoms with Crippen molar-refractivity contribution in [1.29, 1.82) is 0 Å². The Morgan fingerprint density at radius 3 is 2.19 bits per heavy atom. The maximum atomic E-state index is 11.4. The van der Waals surface area contributed by atoms with Gasteiger partial charge in [0.15, 0.2) is 5.71 Å². The summed E-state index contributed by atoms with van der Waals surface area (Å²) in [6.07, 6.45) is 0. The van der Waals surface area contributed by atoms with Crippen LogP contribution >= 0.6 is 0 Å². The number of oxime groups is 1. The minimum absolute atomic E-state index is 0.118. The Bertz CT molecular complexity index is 383. The van der Waals surface area contributed by atoms with Crippen LogP contribution in [0.3, 0.4) is 0 Å². The number of hydrogen-bond donors (Lipinski definition) is 0. The first kappa shape index (κ1) is 12.0. The van der Waals surface area contributed by atoms with Gasteiger partial charge in [-0.1, -0.05) is 5.16 Å². The highest BCUT2D eigenvalue weighted by Crippen LogP contribution is 2.12. The molecule has 0 saturated heterocycles. The van der Waals surface area contributed by atoms with Crippen molar-refractivity contribution in [1.82, 2.24) is 0 Å². The monoisotopic (exact) mass is 223 g/mol. The molecule has 0 radical (unpaired) electrons. The first-order valence-corrected chi connectivity index (χ1v) is 4.56. The van der Waals surface area contributed by atoms with E-state index in [0.717, 1.165) is 0 Å². The number of carbonyl (C=O) groups excluding carboxylic acids is 1. The summed E-state index contributed by atoms with van der Waals surface area (Å²) >= 11 is 0. The Kier molecular flexibility index (Phi) is 4.32. The molecule has 0 aromatic heterocycles. The molecule has 0 saturated carbocycles. The van der Waals surface area contributed by atoms with Crippen LogP contribution in [-0.2, 0) is 14.4 Å². The van der Waals surface area contributed by atoms with Gasteiger partial charge in [-0.15, -0.1) is 0 Å². The second-order valence-electron chi connectivity index (χ2n) is 2.84. The molecular formula is C11H13NO4. The van der Waals surface area contributed by atoms with Crippen LogP contribution in [-0.4, -0.2) is 33.0 Å². The lowest BCUT2D eigenvalue weighted by Gasteiger charge is -2.04. The fourth-order valence-electron chi connectivity index (χ4n) is 1.14. The standard InChI is InChI=1S/C11H13NO4/c1-14-9-6-4-8(5-7-9)10(12-16-3)11(13)15-2/h4-7H,1-3H3/b12-10+. The predicted octanol–water partition coefficient (Wildman–Crippen LogP) is 1.22. The van der Waals surface area contributed by atoms with Crippen LogP contribution in [0.15, 0.2) is 29.4 Å². The van der Waals surface area contributed by atoms with Crippen LogP contribution in [0.2, 0.25) is 0 Å². The summed E-state index contributed by atoms with van der Waals surface area (Å²) in [6.45, 7) is 0. The first-order chi connectivity index (χ1) is 7.72. The number of rotatable bonds is 4. The fraction of sp³-hybridized carbons (Fsp3) is 0.273. The number of methoxy groups -OCH3 is 2. The Hall–Kier alpha value is -2.04. The van der Waals surface area contributed by atoms with Crippen LogP contribution < -0.4 is 4.74 Å². The van der Waals surface area contributed by atoms with Gasteiger partial charge in [-0.2, -0.15) is 0 Å². The molecule has 1 rings (SSSR count). The molecule has 0 aliphatic rings. The van der Waals surface area contributed by atoms with E-state index < -0.39 is 5.97 Å². The van der Waals surface area contributed by atoms with E-state index in [2.05, 4.69) is 14.7 Å². The van der Waals surface area contributed by atoms with Gasteiger partial charge in [0.25, 0.3) is 0 Å². The molecule has 0 aliphatic carbocycles. The summed E-state index contributed by atoms with van der Waals surface area (Å²) in [7, 11) is 4.23. The minimum atomic E-state index is -0.549. The molecule has 0 spiro atoms. The Morgan fingerprint density at radius 1 is 1.12 bits per heavy atom. The summed E-state index contributed by atoms with van der Waals surface area (Å²) in [5.74, 6) is 0.150. The zero-order valence-electron chi connectivity index (χ0n) is 9.39. The van der Waals surface area contributed by atoms with Crippen molar-refractivity contribution in [2.24, 2.45) is 5.16 Å². The zero-order valence-corrected chi connectivity index (χ0v) is 9.39. The number of esters is 1. The summed E-state index contributed by atoms with van der Waals surface area (Å²) < 4.78 is 9.60. The van der Waals surface area contributed by atoms with E-state index in [4.69, 9.17) is 4.74 Å². The fourth-order valence-corrected chi connectivity index (χ4v) is 1.14. The van der Waals surface area contributed by atoms with Gasteiger partial charge in [0.05, 0.1) is 14.2 Å². The molecule has 86 valence electrons. The van der Waals surface area contributed by atoms with Gasteiger partial charge in [0.1, 0.15) is 12.9 Å². The quantitative estimate of drug-likeness (QED) is 0.437. The van der Waals surface area contributed by atoms with E-state index in [9.17, 15) is 4.79 Å². The maximum absolute atomic E-state index is 11.4. The molecule has 0 atom stereocenters. The molecule has 0 fully saturated rings. The van der Waals surface area contributed by atoms with Crippen molar-refractivity contribution in [2.75, 3.05) is 21.3 Å². The molecule has 0 aliphatic heterocycles. The van der Waals surface area contributed by atoms with E-state index >= 15 is 0 Å². The zero-order chi connectivity index (χ0) is 12.0. The van der Waals surface area contributed by atoms with Gasteiger partial charge in [0, 0.05) is 5.56 Å². The number of benzene rings is 1. The maximum Gasteiger partial charge on any atom is 0.360 e. The van der Waals surface area contributed by atoms with Crippen molar-refractivity contribution in [3.05, 3.63) is 29.8 Å². The third-order valence-corrected chi connectivity index (χ3v) is 1.92. The van der Waals surface area contributed by atoms with Crippen LogP contribution in [0.4, 0.5) is 0 Å². The predicted molar refractivity (Wildman–Crippen MR) is 58.6 cm³/mol. The molecule has 0 bridgehead atoms. The minimum Gasteiger partial charge on any atom is -0.497 e. The van der Waals surface area contributed by atoms with Crippen LogP contribution in [0, 0.1) is 0 Å². The van der Waals surface area contributed by atoms with Crippen LogP contribution in [0.25, 0.3) is 0 Å². The van der Waals surface area contributed by atoms with Crippen LogP contribution in [0.5, 0.6) is 5.75 Å². The Balaban J connectivity index is 3.02. The smallest absolute Gasteiger partial charge is 0.360 e. The SMILES string of the molecule is CO/N=C(/C(=O)OC)c1ccc(OC)cc1. The first-order valence-electron chi connectivity index (χ1n) is 4.56. The van der Waals surface area contributed by atoms with Crippen molar-refractivity contribution < 1.29 is 19.1 Å². The summed E-state index contributed by atoms with van der Waals surface area (Å²) in [5.41, 5.74) is 0.724. The summed E-state index contributed by atoms with van der Waals surface area (Å²) in [4.78, 5) is 16.0. The van der Waals surface area contributed by atoms with Gasteiger partial charge in [0.2, 0.25) is 0 Å². The molecule has 5 nitrogen and oxygen atoms in total. The number of ether oxygens (including phenoxy) is 2. The highest BCUT2D eigenvalue weighted by atomic mass is 16.6. The summed E-state index contributed by atoms with van der Waals surface area (Å²) in [5, 5.41) is 3.62. The molecular weight excluding hydrogens is 210 g/mol. The van der Waals surface area contributed by atoms with Gasteiger partial charge in [-0.25, -0.2) is 4.79 Å². The van der Waals surface area contributed by atoms with E-state index in [1.165, 1.54) is 14.2 Å². The molecule has 16 heavy (non-hydrogen) atoms. The lowest BCUT2D eigenvalue weighted by atomic mass is 10.1. The van der Waals surface area contributed by atoms with E-state index in [0.29, 0.717) is 11.3 Å². The Morgan fingerprint density at radius 2 is 1.75 bits per heavy atom. The van der Waals surface area contributed by atoms with Gasteiger partial charge < -0.3 is 14.3 Å². The molecule has 0 unspecified atom stereocenters. The molecule has 0 N–H and O–H groups in total. The van der Waals surface area contributed by atoms with E-state index in [-0.39, 0.29) is 5.71 Å². The van der Waals surface area contributed by atoms with E-state index in [1.807, 2.05) is 0 Å². The van der Waals surface area contributed by atoms with Crippen molar-refractivity contribution in [3.8, 4) is 5.75 Å². The molecule has 5 heteroatoms. The second-order valence-corrected chi connectivity index (χ2v) is 2.84. The summed E-state index contributed by atoms with van der Waals surface area (Å²) in [6, 6.07) is 6.86. The lowest BCUT2D eigenvalue weighted by molar-refractivity contribution is -0.132. The molecule has 0 amide bonds. The van der Waals surface area contributed by atoms with Crippen molar-refractivity contribution in [2.45, 2.75) is 0 Å². The largest absolute Gasteiger partial charge is 0.497 e. The lowest BCUT2D eigenvalue weighted by Crippen LogP contribution is -2.17. The molecule has 1 aromatic carbocycles. The van der Waals surface area contributed by atoms with Gasteiger partial charge >= 0.3 is 5.97 Å². The van der Waals surface area contributed by atoms with Crippen molar-refractivity contribution in [3.63, 3.8) is 0 Å². The second kappa shape index (κ2) is 5.75. The van der Waals surface area contributed by atoms with Gasteiger partial charge in [-0.05, 0) is 24.3 Å². The number of nitrogens with zero attached hydrogens (tertiary/aromatic N) is 1. The third kappa shape index (κ3) is 2.73. The van der Waals surface area contributed by atoms with Crippen molar-refractivity contribution >= 4 is 11.7 Å². The topological polar surface area (TPSA) is 57.1 Å². The van der Waals surface area contributed by atoms with Gasteiger partial charge in [-0.3, -0.25) is 0 Å². The molecule has 1 aromatic rings. The third-order valence-electron chi connectivity index (χ3n) is 1.92. The van der Waals surface area contributed by atoms with Crippen LogP contribution in [0.1, 0.15) is 5.56 Å². The number of hydrogen-bond acceptors (Lipinski definition) is 5. The number of carbonyl (C=O) groups is 1. The Labute approximate surface area is 93.6 Å². The van der Waals surface area contributed by atoms with E-state index in [1.54, 1.807) is 31.4 Å². The molecule has 0 heterocycles. The average molecular weight is 223 g/mol. The highest BCUT2D eigenvalue weighted by Gasteiger charge is 2.15. The average Bonchev–Trinajstić information content (AvgIpc) is 2.35. The normalized spacial score (nSPS) is 10.8.